The van der Waals surface area contributed by atoms with E-state index in [9.17, 15) is 0 Å². The minimum absolute atomic E-state index is 0.344. The number of aromatic nitrogens is 2. The summed E-state index contributed by atoms with van der Waals surface area (Å²) in [5.41, 5.74) is 7.25. The van der Waals surface area contributed by atoms with Crippen molar-refractivity contribution < 1.29 is 4.74 Å². The van der Waals surface area contributed by atoms with Gasteiger partial charge in [-0.3, -0.25) is 4.98 Å². The molecule has 0 aliphatic carbocycles. The number of methoxy groups -OCH3 is 1. The predicted molar refractivity (Wildman–Crippen MR) is 71.9 cm³/mol. The van der Waals surface area contributed by atoms with Crippen molar-refractivity contribution >= 4 is 28.5 Å². The van der Waals surface area contributed by atoms with E-state index < -0.39 is 0 Å². The van der Waals surface area contributed by atoms with Crippen molar-refractivity contribution in [2.24, 2.45) is 5.73 Å². The number of hydrogen-bond donors (Lipinski definition) is 1. The maximum absolute atomic E-state index is 5.66. The lowest BCUT2D eigenvalue weighted by molar-refractivity contribution is 0.182. The summed E-state index contributed by atoms with van der Waals surface area (Å²) < 4.78 is 5.08. The van der Waals surface area contributed by atoms with Gasteiger partial charge < -0.3 is 10.5 Å². The lowest BCUT2D eigenvalue weighted by Gasteiger charge is -1.97. The third kappa shape index (κ3) is 2.66. The minimum Gasteiger partial charge on any atom is -0.389 e. The molecule has 0 bridgehead atoms. The van der Waals surface area contributed by atoms with E-state index in [4.69, 9.17) is 22.7 Å². The summed E-state index contributed by atoms with van der Waals surface area (Å²) >= 11 is 6.44. The van der Waals surface area contributed by atoms with Crippen molar-refractivity contribution in [1.29, 1.82) is 0 Å². The van der Waals surface area contributed by atoms with E-state index in [-0.39, 0.29) is 0 Å². The molecule has 0 unspecified atom stereocenters. The zero-order valence-corrected chi connectivity index (χ0v) is 10.8. The van der Waals surface area contributed by atoms with Gasteiger partial charge in [-0.25, -0.2) is 4.98 Å². The first kappa shape index (κ1) is 12.1. The van der Waals surface area contributed by atoms with Crippen LogP contribution in [0.15, 0.2) is 24.4 Å². The molecule has 0 radical (unpaired) electrons. The van der Waals surface area contributed by atoms with Gasteiger partial charge in [0.15, 0.2) is 0 Å². The molecule has 0 amide bonds. The quantitative estimate of drug-likeness (QED) is 0.857. The Balaban J connectivity index is 2.44. The van der Waals surface area contributed by atoms with Crippen LogP contribution in [0.2, 0.25) is 0 Å². The average Bonchev–Trinajstić information content (AvgIpc) is 2.75. The number of nitrogens with two attached hydrogens (primary N) is 1. The molecule has 0 saturated carbocycles. The molecule has 2 aromatic heterocycles. The highest BCUT2D eigenvalue weighted by atomic mass is 32.1. The van der Waals surface area contributed by atoms with E-state index in [0.29, 0.717) is 11.6 Å². The SMILES string of the molecule is COCc1nc(-c2ccccn2)sc1C(N)=S. The number of thiocarbonyl (C=S) groups is 1. The largest absolute Gasteiger partial charge is 0.389 e. The number of hydrogen-bond acceptors (Lipinski definition) is 5. The van der Waals surface area contributed by atoms with E-state index in [1.165, 1.54) is 11.3 Å². The van der Waals surface area contributed by atoms with E-state index in [1.807, 2.05) is 18.2 Å². The molecule has 0 saturated heterocycles. The third-order valence-electron chi connectivity index (χ3n) is 2.09. The van der Waals surface area contributed by atoms with Crippen molar-refractivity contribution in [3.8, 4) is 10.7 Å². The summed E-state index contributed by atoms with van der Waals surface area (Å²) in [5.74, 6) is 0. The van der Waals surface area contributed by atoms with Gasteiger partial charge in [-0.05, 0) is 12.1 Å². The molecule has 2 rings (SSSR count). The molecular formula is C11H11N3OS2. The smallest absolute Gasteiger partial charge is 0.142 e. The average molecular weight is 265 g/mol. The molecule has 2 N–H and O–H groups in total. The van der Waals surface area contributed by atoms with Crippen molar-refractivity contribution in [3.63, 3.8) is 0 Å². The van der Waals surface area contributed by atoms with Crippen LogP contribution in [0.1, 0.15) is 10.6 Å². The Morgan fingerprint density at radius 1 is 1.53 bits per heavy atom. The first-order chi connectivity index (χ1) is 8.22. The highest BCUT2D eigenvalue weighted by molar-refractivity contribution is 7.81. The number of thiazole rings is 1. The molecule has 4 nitrogen and oxygen atoms in total. The Morgan fingerprint density at radius 2 is 2.35 bits per heavy atom. The third-order valence-corrected chi connectivity index (χ3v) is 3.57. The fourth-order valence-electron chi connectivity index (χ4n) is 1.38. The standard InChI is InChI=1S/C11H11N3OS2/c1-15-6-8-9(10(12)16)17-11(14-8)7-4-2-3-5-13-7/h2-5H,6H2,1H3,(H2,12,16). The van der Waals surface area contributed by atoms with Gasteiger partial charge >= 0.3 is 0 Å². The zero-order chi connectivity index (χ0) is 12.3. The second-order valence-electron chi connectivity index (χ2n) is 3.31. The van der Waals surface area contributed by atoms with Crippen LogP contribution in [0.5, 0.6) is 0 Å². The van der Waals surface area contributed by atoms with Crippen LogP contribution in [0.3, 0.4) is 0 Å². The molecule has 2 heterocycles. The van der Waals surface area contributed by atoms with E-state index in [1.54, 1.807) is 13.3 Å². The summed E-state index contributed by atoms with van der Waals surface area (Å²) in [4.78, 5) is 9.84. The van der Waals surface area contributed by atoms with Gasteiger partial charge in [0.1, 0.15) is 10.00 Å². The van der Waals surface area contributed by atoms with Gasteiger partial charge in [0, 0.05) is 13.3 Å². The fourth-order valence-corrected chi connectivity index (χ4v) is 2.52. The van der Waals surface area contributed by atoms with Crippen LogP contribution < -0.4 is 5.73 Å². The fraction of sp³-hybridized carbons (Fsp3) is 0.182. The molecule has 88 valence electrons. The number of rotatable bonds is 4. The van der Waals surface area contributed by atoms with Gasteiger partial charge in [0.2, 0.25) is 0 Å². The Kier molecular flexibility index (Phi) is 3.78. The molecule has 0 spiro atoms. The Bertz CT molecular complexity index is 525. The Morgan fingerprint density at radius 3 is 2.94 bits per heavy atom. The van der Waals surface area contributed by atoms with Crippen LogP contribution in [0.25, 0.3) is 10.7 Å². The lowest BCUT2D eigenvalue weighted by Crippen LogP contribution is -2.10. The molecule has 0 aliphatic rings. The summed E-state index contributed by atoms with van der Waals surface area (Å²) in [7, 11) is 1.61. The zero-order valence-electron chi connectivity index (χ0n) is 9.21. The minimum atomic E-state index is 0.344. The van der Waals surface area contributed by atoms with Gasteiger partial charge in [0.25, 0.3) is 0 Å². The van der Waals surface area contributed by atoms with Crippen LogP contribution >= 0.6 is 23.6 Å². The van der Waals surface area contributed by atoms with Crippen LogP contribution in [0.4, 0.5) is 0 Å². The van der Waals surface area contributed by atoms with Gasteiger partial charge in [-0.1, -0.05) is 18.3 Å². The second-order valence-corrected chi connectivity index (χ2v) is 4.75. The highest BCUT2D eigenvalue weighted by Crippen LogP contribution is 2.27. The number of nitrogens with zero attached hydrogens (tertiary/aromatic N) is 2. The maximum atomic E-state index is 5.66. The van der Waals surface area contributed by atoms with E-state index >= 15 is 0 Å². The molecule has 0 aliphatic heterocycles. The monoisotopic (exact) mass is 265 g/mol. The Hall–Kier alpha value is -1.37. The molecule has 17 heavy (non-hydrogen) atoms. The first-order valence-corrected chi connectivity index (χ1v) is 6.14. The van der Waals surface area contributed by atoms with Gasteiger partial charge in [0.05, 0.1) is 22.9 Å². The van der Waals surface area contributed by atoms with Crippen LogP contribution in [-0.2, 0) is 11.3 Å². The molecule has 0 atom stereocenters. The number of ether oxygens (including phenoxy) is 1. The van der Waals surface area contributed by atoms with Gasteiger partial charge in [-0.2, -0.15) is 0 Å². The molecule has 2 aromatic rings. The van der Waals surface area contributed by atoms with Gasteiger partial charge in [-0.15, -0.1) is 11.3 Å². The molecule has 0 fully saturated rings. The topological polar surface area (TPSA) is 61.0 Å². The summed E-state index contributed by atoms with van der Waals surface area (Å²) in [5, 5.41) is 0.806. The van der Waals surface area contributed by atoms with Crippen LogP contribution in [0, 0.1) is 0 Å². The second kappa shape index (κ2) is 5.31. The highest BCUT2D eigenvalue weighted by Gasteiger charge is 2.14. The van der Waals surface area contributed by atoms with Crippen molar-refractivity contribution in [1.82, 2.24) is 9.97 Å². The maximum Gasteiger partial charge on any atom is 0.142 e. The lowest BCUT2D eigenvalue weighted by atomic mass is 10.3. The summed E-state index contributed by atoms with van der Waals surface area (Å²) in [6.07, 6.45) is 1.73. The van der Waals surface area contributed by atoms with Crippen LogP contribution in [-0.4, -0.2) is 22.1 Å². The molecule has 6 heteroatoms. The first-order valence-electron chi connectivity index (χ1n) is 4.92. The normalized spacial score (nSPS) is 10.4. The van der Waals surface area contributed by atoms with E-state index in [0.717, 1.165) is 21.3 Å². The van der Waals surface area contributed by atoms with Crippen molar-refractivity contribution in [2.75, 3.05) is 7.11 Å². The summed E-state index contributed by atoms with van der Waals surface area (Å²) in [6, 6.07) is 5.68. The van der Waals surface area contributed by atoms with Crippen molar-refractivity contribution in [2.45, 2.75) is 6.61 Å². The van der Waals surface area contributed by atoms with Crippen molar-refractivity contribution in [3.05, 3.63) is 35.0 Å². The van der Waals surface area contributed by atoms with E-state index in [2.05, 4.69) is 9.97 Å². The molecular weight excluding hydrogens is 254 g/mol. The predicted octanol–water partition coefficient (Wildman–Crippen LogP) is 1.99. The Labute approximate surface area is 108 Å². The summed E-state index contributed by atoms with van der Waals surface area (Å²) in [6.45, 7) is 0.399. The number of pyridine rings is 1. The molecule has 0 aromatic carbocycles.